The average molecular weight is 369 g/mol. The van der Waals surface area contributed by atoms with Gasteiger partial charge in [-0.05, 0) is 54.5 Å². The van der Waals surface area contributed by atoms with Gasteiger partial charge in [-0.3, -0.25) is 0 Å². The lowest BCUT2D eigenvalue weighted by atomic mass is 10.0. The maximum atomic E-state index is 12.3. The number of carbonyl (C=O) groups excluding carboxylic acids is 1. The Morgan fingerprint density at radius 3 is 2.21 bits per heavy atom. The molecule has 28 heavy (non-hydrogen) atoms. The predicted octanol–water partition coefficient (Wildman–Crippen LogP) is 5.29. The highest BCUT2D eigenvalue weighted by atomic mass is 16.5. The first-order valence-corrected chi connectivity index (χ1v) is 8.75. The van der Waals surface area contributed by atoms with Crippen molar-refractivity contribution in [3.05, 3.63) is 95.1 Å². The number of hydrogen-bond acceptors (Lipinski definition) is 4. The van der Waals surface area contributed by atoms with Gasteiger partial charge in [0.15, 0.2) is 0 Å². The number of esters is 1. The molecule has 0 atom stereocenters. The van der Waals surface area contributed by atoms with Gasteiger partial charge in [-0.15, -0.1) is 0 Å². The quantitative estimate of drug-likeness (QED) is 0.265. The number of rotatable bonds is 5. The molecule has 0 aliphatic carbocycles. The molecule has 0 unspecified atom stereocenters. The molecular weight excluding hydrogens is 350 g/mol. The van der Waals surface area contributed by atoms with E-state index in [0.29, 0.717) is 22.6 Å². The standard InChI is InChI=1S/C24H19NO3/c1-17-7-3-4-8-21(17)24(26)28-20-13-11-18(12-14-20)15-19(16-25)22-9-5-6-10-23(22)27-2/h3-15H,1-2H3/b19-15-. The fourth-order valence-corrected chi connectivity index (χ4v) is 2.80. The molecule has 0 bridgehead atoms. The van der Waals surface area contributed by atoms with E-state index in [1.54, 1.807) is 49.6 Å². The molecular formula is C24H19NO3. The number of nitrogens with zero attached hydrogens (tertiary/aromatic N) is 1. The zero-order valence-electron chi connectivity index (χ0n) is 15.7. The molecule has 0 spiro atoms. The number of ether oxygens (including phenoxy) is 2. The van der Waals surface area contributed by atoms with Gasteiger partial charge in [-0.2, -0.15) is 5.26 Å². The Morgan fingerprint density at radius 2 is 1.57 bits per heavy atom. The van der Waals surface area contributed by atoms with Gasteiger partial charge in [-0.25, -0.2) is 4.79 Å². The molecule has 0 fully saturated rings. The fraction of sp³-hybridized carbons (Fsp3) is 0.0833. The molecule has 0 saturated heterocycles. The lowest BCUT2D eigenvalue weighted by Gasteiger charge is -2.08. The number of allylic oxidation sites excluding steroid dienone is 1. The Hall–Kier alpha value is -3.84. The van der Waals surface area contributed by atoms with Crippen LogP contribution in [-0.2, 0) is 0 Å². The molecule has 0 saturated carbocycles. The maximum absolute atomic E-state index is 12.3. The van der Waals surface area contributed by atoms with Gasteiger partial charge >= 0.3 is 5.97 Å². The van der Waals surface area contributed by atoms with Crippen LogP contribution in [0.25, 0.3) is 11.6 Å². The second-order valence-electron chi connectivity index (χ2n) is 6.14. The van der Waals surface area contributed by atoms with Gasteiger partial charge in [-0.1, -0.05) is 42.5 Å². The van der Waals surface area contributed by atoms with Crippen LogP contribution in [0.2, 0.25) is 0 Å². The third-order valence-electron chi connectivity index (χ3n) is 4.28. The second-order valence-corrected chi connectivity index (χ2v) is 6.14. The molecule has 0 N–H and O–H groups in total. The van der Waals surface area contributed by atoms with Crippen molar-refractivity contribution in [1.29, 1.82) is 5.26 Å². The van der Waals surface area contributed by atoms with Crippen LogP contribution in [0.1, 0.15) is 27.0 Å². The summed E-state index contributed by atoms with van der Waals surface area (Å²) in [5.41, 5.74) is 3.43. The number of carbonyl (C=O) groups is 1. The summed E-state index contributed by atoms with van der Waals surface area (Å²) in [6.07, 6.45) is 1.77. The van der Waals surface area contributed by atoms with Crippen molar-refractivity contribution in [2.75, 3.05) is 7.11 Å². The number of benzene rings is 3. The van der Waals surface area contributed by atoms with Crippen molar-refractivity contribution in [1.82, 2.24) is 0 Å². The van der Waals surface area contributed by atoms with Gasteiger partial charge in [0, 0.05) is 5.56 Å². The lowest BCUT2D eigenvalue weighted by Crippen LogP contribution is -2.09. The van der Waals surface area contributed by atoms with Crippen LogP contribution in [0.15, 0.2) is 72.8 Å². The Kier molecular flexibility index (Phi) is 5.88. The van der Waals surface area contributed by atoms with Crippen LogP contribution < -0.4 is 9.47 Å². The summed E-state index contributed by atoms with van der Waals surface area (Å²) < 4.78 is 10.8. The van der Waals surface area contributed by atoms with Gasteiger partial charge in [0.05, 0.1) is 24.3 Å². The number of hydrogen-bond donors (Lipinski definition) is 0. The minimum atomic E-state index is -0.395. The summed E-state index contributed by atoms with van der Waals surface area (Å²) in [5, 5.41) is 9.54. The molecule has 3 rings (SSSR count). The first-order valence-electron chi connectivity index (χ1n) is 8.75. The van der Waals surface area contributed by atoms with E-state index < -0.39 is 5.97 Å². The zero-order chi connectivity index (χ0) is 19.9. The molecule has 4 heteroatoms. The zero-order valence-corrected chi connectivity index (χ0v) is 15.7. The summed E-state index contributed by atoms with van der Waals surface area (Å²) in [4.78, 5) is 12.3. The van der Waals surface area contributed by atoms with E-state index in [0.717, 1.165) is 16.7 Å². The second kappa shape index (κ2) is 8.70. The normalized spacial score (nSPS) is 10.8. The van der Waals surface area contributed by atoms with Crippen molar-refractivity contribution >= 4 is 17.6 Å². The van der Waals surface area contributed by atoms with E-state index in [1.807, 2.05) is 43.3 Å². The summed E-state index contributed by atoms with van der Waals surface area (Å²) in [6.45, 7) is 1.87. The van der Waals surface area contributed by atoms with Crippen LogP contribution in [0.4, 0.5) is 0 Å². The Morgan fingerprint density at radius 1 is 0.929 bits per heavy atom. The van der Waals surface area contributed by atoms with Gasteiger partial charge in [0.2, 0.25) is 0 Å². The number of methoxy groups -OCH3 is 1. The van der Waals surface area contributed by atoms with Gasteiger partial charge in [0.25, 0.3) is 0 Å². The number of para-hydroxylation sites is 1. The monoisotopic (exact) mass is 369 g/mol. The number of aryl methyl sites for hydroxylation is 1. The van der Waals surface area contributed by atoms with Crippen molar-refractivity contribution < 1.29 is 14.3 Å². The largest absolute Gasteiger partial charge is 0.496 e. The first kappa shape index (κ1) is 18.9. The van der Waals surface area contributed by atoms with Crippen LogP contribution in [0.3, 0.4) is 0 Å². The van der Waals surface area contributed by atoms with Crippen LogP contribution in [0.5, 0.6) is 11.5 Å². The average Bonchev–Trinajstić information content (AvgIpc) is 2.73. The van der Waals surface area contributed by atoms with Gasteiger partial charge < -0.3 is 9.47 Å². The first-order chi connectivity index (χ1) is 13.6. The minimum Gasteiger partial charge on any atom is -0.496 e. The Labute approximate surface area is 164 Å². The smallest absolute Gasteiger partial charge is 0.343 e. The van der Waals surface area contributed by atoms with E-state index in [4.69, 9.17) is 9.47 Å². The molecule has 0 radical (unpaired) electrons. The topological polar surface area (TPSA) is 59.3 Å². The predicted molar refractivity (Wildman–Crippen MR) is 109 cm³/mol. The third-order valence-corrected chi connectivity index (χ3v) is 4.28. The van der Waals surface area contributed by atoms with Crippen LogP contribution in [-0.4, -0.2) is 13.1 Å². The van der Waals surface area contributed by atoms with Crippen molar-refractivity contribution in [3.8, 4) is 17.6 Å². The summed E-state index contributed by atoms with van der Waals surface area (Å²) >= 11 is 0. The molecule has 0 aliphatic rings. The highest BCUT2D eigenvalue weighted by Gasteiger charge is 2.11. The van der Waals surface area contributed by atoms with E-state index in [2.05, 4.69) is 6.07 Å². The highest BCUT2D eigenvalue weighted by Crippen LogP contribution is 2.27. The lowest BCUT2D eigenvalue weighted by molar-refractivity contribution is 0.0734. The Balaban J connectivity index is 1.80. The molecule has 0 amide bonds. The molecule has 0 aromatic heterocycles. The molecule has 0 aliphatic heterocycles. The molecule has 4 nitrogen and oxygen atoms in total. The van der Waals surface area contributed by atoms with E-state index in [-0.39, 0.29) is 0 Å². The molecule has 138 valence electrons. The maximum Gasteiger partial charge on any atom is 0.343 e. The van der Waals surface area contributed by atoms with E-state index in [1.165, 1.54) is 0 Å². The van der Waals surface area contributed by atoms with E-state index >= 15 is 0 Å². The highest BCUT2D eigenvalue weighted by molar-refractivity contribution is 5.93. The molecule has 3 aromatic carbocycles. The molecule has 0 heterocycles. The summed E-state index contributed by atoms with van der Waals surface area (Å²) in [5.74, 6) is 0.688. The van der Waals surface area contributed by atoms with Crippen molar-refractivity contribution in [3.63, 3.8) is 0 Å². The summed E-state index contributed by atoms with van der Waals surface area (Å²) in [6, 6.07) is 23.9. The van der Waals surface area contributed by atoms with Crippen LogP contribution in [0, 0.1) is 18.3 Å². The third kappa shape index (κ3) is 4.28. The van der Waals surface area contributed by atoms with Gasteiger partial charge in [0.1, 0.15) is 11.5 Å². The SMILES string of the molecule is COc1ccccc1/C(C#N)=C\c1ccc(OC(=O)c2ccccc2C)cc1. The van der Waals surface area contributed by atoms with Crippen molar-refractivity contribution in [2.24, 2.45) is 0 Å². The Bertz CT molecular complexity index is 1060. The van der Waals surface area contributed by atoms with Crippen molar-refractivity contribution in [2.45, 2.75) is 6.92 Å². The number of nitriles is 1. The van der Waals surface area contributed by atoms with Crippen LogP contribution >= 0.6 is 0 Å². The molecule has 3 aromatic rings. The fourth-order valence-electron chi connectivity index (χ4n) is 2.80. The summed E-state index contributed by atoms with van der Waals surface area (Å²) in [7, 11) is 1.57. The minimum absolute atomic E-state index is 0.395. The van der Waals surface area contributed by atoms with E-state index in [9.17, 15) is 10.1 Å².